The molecule has 22 heavy (non-hydrogen) atoms. The lowest BCUT2D eigenvalue weighted by molar-refractivity contribution is -0.384. The minimum Gasteiger partial charge on any atom is -0.455 e. The van der Waals surface area contributed by atoms with E-state index in [0.29, 0.717) is 17.4 Å². The summed E-state index contributed by atoms with van der Waals surface area (Å²) in [4.78, 5) is 22.6. The van der Waals surface area contributed by atoms with E-state index in [4.69, 9.17) is 4.74 Å². The average Bonchev–Trinajstić information content (AvgIpc) is 2.83. The maximum atomic E-state index is 12.4. The monoisotopic (exact) mass is 303 g/mol. The predicted molar refractivity (Wildman–Crippen MR) is 81.5 cm³/mol. The first-order valence-corrected chi connectivity index (χ1v) is 7.72. The molecule has 2 bridgehead atoms. The second kappa shape index (κ2) is 4.80. The molecule has 0 saturated heterocycles. The third-order valence-electron chi connectivity index (χ3n) is 5.78. The molecule has 2 aliphatic carbocycles. The van der Waals surface area contributed by atoms with Crippen LogP contribution in [0.15, 0.2) is 24.3 Å². The quantitative estimate of drug-likeness (QED) is 0.481. The number of carbonyl (C=O) groups excluding carboxylic acids is 1. The van der Waals surface area contributed by atoms with Crippen molar-refractivity contribution in [2.75, 3.05) is 0 Å². The molecule has 0 amide bonds. The molecular formula is C17H21NO4. The Morgan fingerprint density at radius 2 is 1.86 bits per heavy atom. The molecule has 3 rings (SSSR count). The molecule has 2 saturated carbocycles. The predicted octanol–water partition coefficient (Wildman–Crippen LogP) is 3.97. The first kappa shape index (κ1) is 15.0. The Balaban J connectivity index is 1.76. The molecule has 0 aromatic heterocycles. The Morgan fingerprint density at radius 1 is 1.23 bits per heavy atom. The highest BCUT2D eigenvalue weighted by Gasteiger charge is 2.61. The number of carbonyl (C=O) groups is 1. The van der Waals surface area contributed by atoms with Crippen LogP contribution in [0.25, 0.3) is 0 Å². The highest BCUT2D eigenvalue weighted by atomic mass is 16.6. The van der Waals surface area contributed by atoms with Gasteiger partial charge in [0.05, 0.1) is 10.5 Å². The fourth-order valence-electron chi connectivity index (χ4n) is 4.59. The Kier molecular flexibility index (Phi) is 3.27. The number of hydrogen-bond acceptors (Lipinski definition) is 4. The van der Waals surface area contributed by atoms with E-state index in [0.717, 1.165) is 12.8 Å². The van der Waals surface area contributed by atoms with Gasteiger partial charge in [0.2, 0.25) is 0 Å². The van der Waals surface area contributed by atoms with Gasteiger partial charge in [-0.1, -0.05) is 13.8 Å². The van der Waals surface area contributed by atoms with Crippen molar-refractivity contribution in [1.82, 2.24) is 0 Å². The highest BCUT2D eigenvalue weighted by Crippen LogP contribution is 2.63. The number of benzene rings is 1. The normalized spacial score (nSPS) is 32.0. The van der Waals surface area contributed by atoms with Crippen LogP contribution < -0.4 is 0 Å². The molecule has 1 aromatic carbocycles. The molecule has 2 fully saturated rings. The van der Waals surface area contributed by atoms with Gasteiger partial charge in [-0.15, -0.1) is 0 Å². The van der Waals surface area contributed by atoms with Crippen LogP contribution in [0.4, 0.5) is 5.69 Å². The molecule has 5 nitrogen and oxygen atoms in total. The van der Waals surface area contributed by atoms with Gasteiger partial charge in [-0.2, -0.15) is 0 Å². The second-order valence-corrected chi connectivity index (χ2v) is 7.36. The summed E-state index contributed by atoms with van der Waals surface area (Å²) in [6.45, 7) is 6.56. The van der Waals surface area contributed by atoms with Crippen molar-refractivity contribution < 1.29 is 14.5 Å². The maximum absolute atomic E-state index is 12.4. The smallest absolute Gasteiger partial charge is 0.338 e. The van der Waals surface area contributed by atoms with Crippen LogP contribution >= 0.6 is 0 Å². The molecule has 2 aliphatic rings. The van der Waals surface area contributed by atoms with E-state index in [-0.39, 0.29) is 17.1 Å². The van der Waals surface area contributed by atoms with Crippen molar-refractivity contribution in [3.63, 3.8) is 0 Å². The van der Waals surface area contributed by atoms with Crippen molar-refractivity contribution in [2.24, 2.45) is 17.3 Å². The van der Waals surface area contributed by atoms with Crippen LogP contribution in [-0.4, -0.2) is 16.5 Å². The topological polar surface area (TPSA) is 69.4 Å². The van der Waals surface area contributed by atoms with Crippen LogP contribution in [-0.2, 0) is 4.74 Å². The number of nitro groups is 1. The Labute approximate surface area is 129 Å². The third kappa shape index (κ3) is 2.19. The fraction of sp³-hybridized carbons (Fsp3) is 0.588. The van der Waals surface area contributed by atoms with Gasteiger partial charge in [-0.05, 0) is 49.7 Å². The first-order valence-electron chi connectivity index (χ1n) is 7.72. The molecule has 0 N–H and O–H groups in total. The van der Waals surface area contributed by atoms with Crippen molar-refractivity contribution in [1.29, 1.82) is 0 Å². The fourth-order valence-corrected chi connectivity index (χ4v) is 4.59. The summed E-state index contributed by atoms with van der Waals surface area (Å²) in [5.74, 6) is 0.597. The van der Waals surface area contributed by atoms with Crippen LogP contribution in [0, 0.1) is 27.4 Å². The van der Waals surface area contributed by atoms with E-state index in [1.54, 1.807) is 0 Å². The number of fused-ring (bicyclic) bond motifs is 2. The number of ether oxygens (including phenoxy) is 1. The van der Waals surface area contributed by atoms with Crippen LogP contribution in [0.1, 0.15) is 50.4 Å². The van der Waals surface area contributed by atoms with Gasteiger partial charge < -0.3 is 4.74 Å². The molecule has 5 heteroatoms. The number of rotatable bonds is 3. The summed E-state index contributed by atoms with van der Waals surface area (Å²) in [6, 6.07) is 5.59. The second-order valence-electron chi connectivity index (χ2n) is 7.36. The molecule has 1 aromatic rings. The van der Waals surface area contributed by atoms with Gasteiger partial charge >= 0.3 is 5.97 Å². The van der Waals surface area contributed by atoms with Crippen molar-refractivity contribution >= 4 is 11.7 Å². The minimum atomic E-state index is -0.477. The lowest BCUT2D eigenvalue weighted by Crippen LogP contribution is -2.39. The van der Waals surface area contributed by atoms with Gasteiger partial charge in [0, 0.05) is 18.1 Å². The standard InChI is InChI=1S/C17H21NO4/c1-16(2)12-6-9-14(16)17(3,10-12)22-15(19)11-4-7-13(8-5-11)18(20)21/h4-5,7-8,12,14H,6,9-10H2,1-3H3/t12-,14-,17+/m1/s1. The van der Waals surface area contributed by atoms with Crippen molar-refractivity contribution in [3.05, 3.63) is 39.9 Å². The summed E-state index contributed by atoms with van der Waals surface area (Å²) in [6.07, 6.45) is 3.22. The third-order valence-corrected chi connectivity index (χ3v) is 5.78. The summed E-state index contributed by atoms with van der Waals surface area (Å²) >= 11 is 0. The largest absolute Gasteiger partial charge is 0.455 e. The summed E-state index contributed by atoms with van der Waals surface area (Å²) < 4.78 is 5.85. The summed E-state index contributed by atoms with van der Waals surface area (Å²) in [5, 5.41) is 10.7. The zero-order chi connectivity index (χ0) is 16.1. The number of nitro benzene ring substituents is 1. The summed E-state index contributed by atoms with van der Waals surface area (Å²) in [5.41, 5.74) is 0.131. The zero-order valence-electron chi connectivity index (χ0n) is 13.2. The van der Waals surface area contributed by atoms with Gasteiger partial charge in [-0.3, -0.25) is 10.1 Å². The average molecular weight is 303 g/mol. The van der Waals surface area contributed by atoms with Crippen LogP contribution in [0.5, 0.6) is 0 Å². The summed E-state index contributed by atoms with van der Waals surface area (Å²) in [7, 11) is 0. The number of non-ortho nitro benzene ring substituents is 1. The lowest BCUT2D eigenvalue weighted by Gasteiger charge is -2.35. The SMILES string of the molecule is CC1(C)[C@@H]2CC[C@H]1[C@@](C)(OC(=O)c1ccc([N+](=O)[O-])cc1)C2. The molecule has 3 atom stereocenters. The van der Waals surface area contributed by atoms with Gasteiger partial charge in [0.25, 0.3) is 5.69 Å². The molecule has 0 heterocycles. The van der Waals surface area contributed by atoms with Gasteiger partial charge in [0.15, 0.2) is 0 Å². The Morgan fingerprint density at radius 3 is 2.32 bits per heavy atom. The van der Waals surface area contributed by atoms with Gasteiger partial charge in [-0.25, -0.2) is 4.79 Å². The first-order chi connectivity index (χ1) is 10.2. The Bertz CT molecular complexity index is 622. The molecule has 0 aliphatic heterocycles. The van der Waals surface area contributed by atoms with Crippen LogP contribution in [0.2, 0.25) is 0 Å². The minimum absolute atomic E-state index is 0.0242. The Hall–Kier alpha value is -1.91. The molecule has 0 spiro atoms. The zero-order valence-corrected chi connectivity index (χ0v) is 13.2. The number of nitrogens with zero attached hydrogens (tertiary/aromatic N) is 1. The van der Waals surface area contributed by atoms with E-state index in [1.165, 1.54) is 30.7 Å². The van der Waals surface area contributed by atoms with E-state index in [2.05, 4.69) is 13.8 Å². The number of hydrogen-bond donors (Lipinski definition) is 0. The van der Waals surface area contributed by atoms with Crippen molar-refractivity contribution in [2.45, 2.75) is 45.6 Å². The number of esters is 1. The molecular weight excluding hydrogens is 282 g/mol. The van der Waals surface area contributed by atoms with E-state index in [9.17, 15) is 14.9 Å². The molecule has 0 unspecified atom stereocenters. The molecule has 118 valence electrons. The van der Waals surface area contributed by atoms with Crippen LogP contribution in [0.3, 0.4) is 0 Å². The highest BCUT2D eigenvalue weighted by molar-refractivity contribution is 5.90. The molecule has 0 radical (unpaired) electrons. The van der Waals surface area contributed by atoms with E-state index >= 15 is 0 Å². The maximum Gasteiger partial charge on any atom is 0.338 e. The van der Waals surface area contributed by atoms with E-state index < -0.39 is 10.5 Å². The van der Waals surface area contributed by atoms with Gasteiger partial charge in [0.1, 0.15) is 5.60 Å². The lowest BCUT2D eigenvalue weighted by atomic mass is 9.79. The van der Waals surface area contributed by atoms with Crippen molar-refractivity contribution in [3.8, 4) is 0 Å². The van der Waals surface area contributed by atoms with E-state index in [1.807, 2.05) is 6.92 Å².